The van der Waals surface area contributed by atoms with Crippen LogP contribution in [0.2, 0.25) is 0 Å². The third-order valence-corrected chi connectivity index (χ3v) is 4.02. The van der Waals surface area contributed by atoms with E-state index in [0.717, 1.165) is 4.31 Å². The highest BCUT2D eigenvalue weighted by atomic mass is 32.2. The fourth-order valence-electron chi connectivity index (χ4n) is 1.21. The molecule has 7 nitrogen and oxygen atoms in total. The van der Waals surface area contributed by atoms with E-state index < -0.39 is 27.8 Å². The van der Waals surface area contributed by atoms with Gasteiger partial charge in [-0.25, -0.2) is 17.5 Å². The van der Waals surface area contributed by atoms with E-state index in [1.165, 1.54) is 14.0 Å². The second-order valence-electron chi connectivity index (χ2n) is 5.22. The van der Waals surface area contributed by atoms with Gasteiger partial charge in [-0.15, -0.1) is 0 Å². The highest BCUT2D eigenvalue weighted by Gasteiger charge is 2.20. The normalized spacial score (nSPS) is 14.3. The van der Waals surface area contributed by atoms with E-state index in [2.05, 4.69) is 5.32 Å². The average Bonchev–Trinajstić information content (AvgIpc) is 2.24. The smallest absolute Gasteiger partial charge is 0.407 e. The summed E-state index contributed by atoms with van der Waals surface area (Å²) in [6, 6.07) is 0. The lowest BCUT2D eigenvalue weighted by Gasteiger charge is -2.22. The molecule has 0 unspecified atom stereocenters. The molecule has 114 valence electrons. The van der Waals surface area contributed by atoms with Gasteiger partial charge in [-0.2, -0.15) is 0 Å². The summed E-state index contributed by atoms with van der Waals surface area (Å²) in [5, 5.41) is 12.0. The molecule has 0 aliphatic rings. The molecule has 8 heteroatoms. The van der Waals surface area contributed by atoms with Crippen molar-refractivity contribution in [2.45, 2.75) is 39.4 Å². The minimum atomic E-state index is -3.33. The Labute approximate surface area is 115 Å². The first kappa shape index (κ1) is 18.1. The molecule has 0 saturated heterocycles. The van der Waals surface area contributed by atoms with E-state index in [-0.39, 0.29) is 18.8 Å². The Kier molecular flexibility index (Phi) is 6.74. The number of ether oxygens (including phenoxy) is 1. The van der Waals surface area contributed by atoms with Crippen LogP contribution >= 0.6 is 0 Å². The van der Waals surface area contributed by atoms with Crippen molar-refractivity contribution in [3.05, 3.63) is 0 Å². The van der Waals surface area contributed by atoms with Crippen LogP contribution in [0.1, 0.15) is 27.7 Å². The Morgan fingerprint density at radius 1 is 1.42 bits per heavy atom. The number of alkyl carbamates (subject to hydrolysis) is 1. The van der Waals surface area contributed by atoms with Gasteiger partial charge in [-0.05, 0) is 27.7 Å². The number of sulfonamides is 1. The first-order valence-electron chi connectivity index (χ1n) is 6.07. The van der Waals surface area contributed by atoms with Crippen molar-refractivity contribution in [2.75, 3.05) is 25.9 Å². The Morgan fingerprint density at radius 2 is 1.95 bits per heavy atom. The summed E-state index contributed by atoms with van der Waals surface area (Å²) >= 11 is 0. The number of nitrogens with one attached hydrogen (secondary N) is 1. The fraction of sp³-hybridized carbons (Fsp3) is 0.909. The van der Waals surface area contributed by atoms with Crippen molar-refractivity contribution >= 4 is 16.1 Å². The predicted molar refractivity (Wildman–Crippen MR) is 72.3 cm³/mol. The molecule has 0 fully saturated rings. The van der Waals surface area contributed by atoms with Gasteiger partial charge in [-0.1, -0.05) is 0 Å². The fourth-order valence-corrected chi connectivity index (χ4v) is 2.05. The van der Waals surface area contributed by atoms with Gasteiger partial charge in [0.2, 0.25) is 10.0 Å². The first-order chi connectivity index (χ1) is 8.48. The molecule has 0 aromatic rings. The summed E-state index contributed by atoms with van der Waals surface area (Å²) in [5.41, 5.74) is -0.614. The van der Waals surface area contributed by atoms with E-state index in [1.54, 1.807) is 20.8 Å². The Morgan fingerprint density at radius 3 is 2.37 bits per heavy atom. The second-order valence-corrected chi connectivity index (χ2v) is 7.58. The SMILES string of the molecule is CCS(=O)(=O)N(C)C[C@@H](O)CNC(=O)OC(C)(C)C. The zero-order valence-corrected chi connectivity index (χ0v) is 13.0. The molecule has 0 saturated carbocycles. The number of hydrogen-bond donors (Lipinski definition) is 2. The van der Waals surface area contributed by atoms with Crippen molar-refractivity contribution < 1.29 is 23.1 Å². The second kappa shape index (κ2) is 7.06. The summed E-state index contributed by atoms with van der Waals surface area (Å²) < 4.78 is 29.0. The zero-order valence-electron chi connectivity index (χ0n) is 12.1. The van der Waals surface area contributed by atoms with Gasteiger partial charge in [0, 0.05) is 20.1 Å². The van der Waals surface area contributed by atoms with Gasteiger partial charge < -0.3 is 15.2 Å². The first-order valence-corrected chi connectivity index (χ1v) is 7.67. The molecule has 0 rings (SSSR count). The molecule has 0 aliphatic heterocycles. The number of nitrogens with zero attached hydrogens (tertiary/aromatic N) is 1. The summed E-state index contributed by atoms with van der Waals surface area (Å²) in [6.07, 6.45) is -1.63. The lowest BCUT2D eigenvalue weighted by atomic mass is 10.2. The Balaban J connectivity index is 4.14. The number of aliphatic hydroxyl groups excluding tert-OH is 1. The highest BCUT2D eigenvalue weighted by molar-refractivity contribution is 7.89. The maximum atomic E-state index is 11.5. The van der Waals surface area contributed by atoms with Crippen LogP contribution < -0.4 is 5.32 Å². The molecule has 19 heavy (non-hydrogen) atoms. The van der Waals surface area contributed by atoms with E-state index in [4.69, 9.17) is 4.74 Å². The van der Waals surface area contributed by atoms with Crippen LogP contribution in [0.25, 0.3) is 0 Å². The van der Waals surface area contributed by atoms with Gasteiger partial charge >= 0.3 is 6.09 Å². The van der Waals surface area contributed by atoms with Crippen LogP contribution in [-0.2, 0) is 14.8 Å². The average molecular weight is 296 g/mol. The number of likely N-dealkylation sites (N-methyl/N-ethyl adjacent to an activating group) is 1. The standard InChI is InChI=1S/C11H24N2O5S/c1-6-19(16,17)13(5)8-9(14)7-12-10(15)18-11(2,3)4/h9,14H,6-8H2,1-5H3,(H,12,15)/t9-/m0/s1. The van der Waals surface area contributed by atoms with E-state index in [0.29, 0.717) is 0 Å². The van der Waals surface area contributed by atoms with Crippen molar-refractivity contribution in [1.82, 2.24) is 9.62 Å². The molecule has 2 N–H and O–H groups in total. The van der Waals surface area contributed by atoms with Crippen LogP contribution in [0.3, 0.4) is 0 Å². The molecule has 0 radical (unpaired) electrons. The highest BCUT2D eigenvalue weighted by Crippen LogP contribution is 2.06. The van der Waals surface area contributed by atoms with Crippen molar-refractivity contribution in [2.24, 2.45) is 0 Å². The van der Waals surface area contributed by atoms with Gasteiger partial charge in [0.15, 0.2) is 0 Å². The maximum Gasteiger partial charge on any atom is 0.407 e. The molecule has 1 amide bonds. The zero-order chi connectivity index (χ0) is 15.3. The quantitative estimate of drug-likeness (QED) is 0.727. The number of aliphatic hydroxyl groups is 1. The molecule has 0 heterocycles. The number of carbonyl (C=O) groups is 1. The summed E-state index contributed by atoms with van der Waals surface area (Å²) in [5.74, 6) is -0.0320. The lowest BCUT2D eigenvalue weighted by Crippen LogP contribution is -2.42. The Bertz CT molecular complexity index is 388. The molecule has 0 spiro atoms. The Hall–Kier alpha value is -0.860. The number of rotatable bonds is 6. The molecule has 0 aromatic carbocycles. The van der Waals surface area contributed by atoms with Gasteiger partial charge in [0.1, 0.15) is 5.60 Å². The van der Waals surface area contributed by atoms with Crippen LogP contribution in [0.15, 0.2) is 0 Å². The third kappa shape index (κ3) is 8.02. The summed E-state index contributed by atoms with van der Waals surface area (Å²) in [6.45, 7) is 6.56. The number of hydrogen-bond acceptors (Lipinski definition) is 5. The van der Waals surface area contributed by atoms with Crippen LogP contribution in [-0.4, -0.2) is 61.5 Å². The van der Waals surface area contributed by atoms with E-state index in [9.17, 15) is 18.3 Å². The minimum absolute atomic E-state index is 0.0320. The topological polar surface area (TPSA) is 95.9 Å². The third-order valence-electron chi connectivity index (χ3n) is 2.19. The van der Waals surface area contributed by atoms with Crippen LogP contribution in [0.4, 0.5) is 4.79 Å². The number of carbonyl (C=O) groups excluding carboxylic acids is 1. The molecule has 0 aromatic heterocycles. The van der Waals surface area contributed by atoms with E-state index >= 15 is 0 Å². The van der Waals surface area contributed by atoms with Gasteiger partial charge in [-0.3, -0.25) is 0 Å². The summed E-state index contributed by atoms with van der Waals surface area (Å²) in [4.78, 5) is 11.3. The minimum Gasteiger partial charge on any atom is -0.444 e. The van der Waals surface area contributed by atoms with Gasteiger partial charge in [0.05, 0.1) is 11.9 Å². The van der Waals surface area contributed by atoms with Crippen molar-refractivity contribution in [3.63, 3.8) is 0 Å². The molecule has 1 atom stereocenters. The largest absolute Gasteiger partial charge is 0.444 e. The maximum absolute atomic E-state index is 11.5. The molecular weight excluding hydrogens is 272 g/mol. The predicted octanol–water partition coefficient (Wildman–Crippen LogP) is 0.154. The van der Waals surface area contributed by atoms with Crippen LogP contribution in [0.5, 0.6) is 0 Å². The van der Waals surface area contributed by atoms with Crippen molar-refractivity contribution in [3.8, 4) is 0 Å². The lowest BCUT2D eigenvalue weighted by molar-refractivity contribution is 0.0486. The molecule has 0 aliphatic carbocycles. The van der Waals surface area contributed by atoms with Crippen molar-refractivity contribution in [1.29, 1.82) is 0 Å². The monoisotopic (exact) mass is 296 g/mol. The van der Waals surface area contributed by atoms with E-state index in [1.807, 2.05) is 0 Å². The van der Waals surface area contributed by atoms with Crippen LogP contribution in [0, 0.1) is 0 Å². The molecule has 0 bridgehead atoms. The summed E-state index contributed by atoms with van der Waals surface area (Å²) in [7, 11) is -1.95. The van der Waals surface area contributed by atoms with Gasteiger partial charge in [0.25, 0.3) is 0 Å². The number of amides is 1. The molecular formula is C11H24N2O5S.